The van der Waals surface area contributed by atoms with Gasteiger partial charge in [-0.05, 0) is 75.1 Å². The third-order valence-corrected chi connectivity index (χ3v) is 6.14. The minimum Gasteiger partial charge on any atom is -0.489 e. The molecule has 1 aliphatic rings. The number of benzene rings is 2. The van der Waals surface area contributed by atoms with Gasteiger partial charge < -0.3 is 31.0 Å². The predicted octanol–water partition coefficient (Wildman–Crippen LogP) is 4.40. The number of nitrogen functional groups attached to an aromatic ring is 1. The summed E-state index contributed by atoms with van der Waals surface area (Å²) in [6, 6.07) is 16.0. The lowest BCUT2D eigenvalue weighted by Crippen LogP contribution is -2.40. The molecule has 6 N–H and O–H groups in total. The number of aromatic nitrogens is 1. The number of hydrogen-bond acceptors (Lipinski definition) is 8. The van der Waals surface area contributed by atoms with Crippen LogP contribution in [0.3, 0.4) is 0 Å². The minimum absolute atomic E-state index is 0.0929. The zero-order valence-corrected chi connectivity index (χ0v) is 20.9. The first-order chi connectivity index (χ1) is 17.9. The van der Waals surface area contributed by atoms with E-state index in [1.54, 1.807) is 54.7 Å². The maximum absolute atomic E-state index is 13.1. The van der Waals surface area contributed by atoms with Crippen molar-refractivity contribution < 1.29 is 19.0 Å². The summed E-state index contributed by atoms with van der Waals surface area (Å²) in [7, 11) is 0. The monoisotopic (exact) mass is 503 g/mol. The summed E-state index contributed by atoms with van der Waals surface area (Å²) in [4.78, 5) is 17.2. The SMILES string of the molecule is CCOC(=N)c1ccc(Oc2cc(OCc3ccc(N)nc3)cc(C(=O)NC3CCC(N)CC3)c2)cc1. The lowest BCUT2D eigenvalue weighted by Gasteiger charge is -2.26. The van der Waals surface area contributed by atoms with Gasteiger partial charge in [-0.15, -0.1) is 0 Å². The van der Waals surface area contributed by atoms with Gasteiger partial charge in [-0.2, -0.15) is 0 Å². The maximum Gasteiger partial charge on any atom is 0.251 e. The first kappa shape index (κ1) is 26.0. The van der Waals surface area contributed by atoms with Gasteiger partial charge in [-0.3, -0.25) is 10.2 Å². The molecule has 194 valence electrons. The van der Waals surface area contributed by atoms with Gasteiger partial charge in [0.05, 0.1) is 6.61 Å². The van der Waals surface area contributed by atoms with Crippen molar-refractivity contribution >= 4 is 17.6 Å². The van der Waals surface area contributed by atoms with Crippen LogP contribution in [0, 0.1) is 5.41 Å². The maximum atomic E-state index is 13.1. The third-order valence-electron chi connectivity index (χ3n) is 6.14. The van der Waals surface area contributed by atoms with Crippen molar-refractivity contribution in [3.63, 3.8) is 0 Å². The van der Waals surface area contributed by atoms with Gasteiger partial charge in [0.1, 0.15) is 29.7 Å². The summed E-state index contributed by atoms with van der Waals surface area (Å²) < 4.78 is 17.3. The second kappa shape index (κ2) is 12.2. The zero-order valence-electron chi connectivity index (χ0n) is 20.9. The lowest BCUT2D eigenvalue weighted by atomic mass is 9.91. The molecule has 1 aliphatic carbocycles. The standard InChI is InChI=1S/C28H33N5O4/c1-2-35-27(31)19-4-10-23(11-5-19)37-25-14-20(28(34)33-22-8-6-21(29)7-9-22)13-24(15-25)36-17-18-3-12-26(30)32-16-18/h3-5,10-16,21-22,31H,2,6-9,17,29H2,1H3,(H2,30,32)(H,33,34). The number of nitrogens with one attached hydrogen (secondary N) is 2. The average Bonchev–Trinajstić information content (AvgIpc) is 2.90. The number of rotatable bonds is 9. The van der Waals surface area contributed by atoms with Crippen molar-refractivity contribution in [3.8, 4) is 17.2 Å². The molecule has 9 nitrogen and oxygen atoms in total. The predicted molar refractivity (Wildman–Crippen MR) is 142 cm³/mol. The Kier molecular flexibility index (Phi) is 8.58. The first-order valence-electron chi connectivity index (χ1n) is 12.4. The first-order valence-corrected chi connectivity index (χ1v) is 12.4. The molecule has 0 spiro atoms. The Morgan fingerprint density at radius 3 is 2.41 bits per heavy atom. The van der Waals surface area contributed by atoms with Gasteiger partial charge in [0.15, 0.2) is 0 Å². The largest absolute Gasteiger partial charge is 0.489 e. The molecule has 1 fully saturated rings. The molecule has 1 aromatic heterocycles. The highest BCUT2D eigenvalue weighted by Crippen LogP contribution is 2.29. The normalized spacial score (nSPS) is 17.0. The van der Waals surface area contributed by atoms with Crippen LogP contribution in [-0.2, 0) is 11.3 Å². The number of nitrogens with two attached hydrogens (primary N) is 2. The number of anilines is 1. The van der Waals surface area contributed by atoms with E-state index in [9.17, 15) is 4.79 Å². The van der Waals surface area contributed by atoms with Crippen LogP contribution in [0.2, 0.25) is 0 Å². The van der Waals surface area contributed by atoms with E-state index in [2.05, 4.69) is 10.3 Å². The molecule has 9 heteroatoms. The molecule has 1 saturated carbocycles. The molecule has 37 heavy (non-hydrogen) atoms. The number of amides is 1. The molecule has 0 saturated heterocycles. The number of carbonyl (C=O) groups excluding carboxylic acids is 1. The van der Waals surface area contributed by atoms with E-state index in [0.717, 1.165) is 31.2 Å². The highest BCUT2D eigenvalue weighted by molar-refractivity contribution is 5.95. The molecule has 4 rings (SSSR count). The number of pyridine rings is 1. The Balaban J connectivity index is 1.52. The molecule has 2 aromatic carbocycles. The molecule has 1 heterocycles. The van der Waals surface area contributed by atoms with Gasteiger partial charge >= 0.3 is 0 Å². The molecule has 0 radical (unpaired) electrons. The number of hydrogen-bond donors (Lipinski definition) is 4. The Labute approximate surface area is 216 Å². The third kappa shape index (κ3) is 7.44. The summed E-state index contributed by atoms with van der Waals surface area (Å²) in [6.07, 6.45) is 5.17. The Bertz CT molecular complexity index is 1210. The van der Waals surface area contributed by atoms with Gasteiger partial charge in [0.25, 0.3) is 5.91 Å². The van der Waals surface area contributed by atoms with Gasteiger partial charge in [0.2, 0.25) is 5.90 Å². The summed E-state index contributed by atoms with van der Waals surface area (Å²) >= 11 is 0. The van der Waals surface area contributed by atoms with E-state index in [1.165, 1.54) is 0 Å². The Morgan fingerprint density at radius 1 is 1.00 bits per heavy atom. The molecule has 0 unspecified atom stereocenters. The van der Waals surface area contributed by atoms with Crippen LogP contribution in [0.25, 0.3) is 0 Å². The van der Waals surface area contributed by atoms with Gasteiger partial charge in [-0.1, -0.05) is 6.07 Å². The number of carbonyl (C=O) groups is 1. The average molecular weight is 504 g/mol. The molecular weight excluding hydrogens is 470 g/mol. The fraction of sp³-hybridized carbons (Fsp3) is 0.321. The minimum atomic E-state index is -0.189. The van der Waals surface area contributed by atoms with Crippen LogP contribution in [-0.4, -0.2) is 35.5 Å². The highest BCUT2D eigenvalue weighted by atomic mass is 16.5. The Morgan fingerprint density at radius 2 is 1.73 bits per heavy atom. The van der Waals surface area contributed by atoms with Gasteiger partial charge in [0, 0.05) is 41.0 Å². The summed E-state index contributed by atoms with van der Waals surface area (Å²) in [5, 5.41) is 11.0. The van der Waals surface area contributed by atoms with Crippen molar-refractivity contribution in [3.05, 3.63) is 77.5 Å². The van der Waals surface area contributed by atoms with E-state index >= 15 is 0 Å². The van der Waals surface area contributed by atoms with Crippen LogP contribution in [0.15, 0.2) is 60.8 Å². The fourth-order valence-corrected chi connectivity index (χ4v) is 4.10. The fourth-order valence-electron chi connectivity index (χ4n) is 4.10. The molecule has 3 aromatic rings. The van der Waals surface area contributed by atoms with Crippen molar-refractivity contribution in [2.75, 3.05) is 12.3 Å². The van der Waals surface area contributed by atoms with Crippen LogP contribution in [0.1, 0.15) is 54.1 Å². The summed E-state index contributed by atoms with van der Waals surface area (Å²) in [6.45, 7) is 2.52. The number of ether oxygens (including phenoxy) is 3. The van der Waals surface area contributed by atoms with Crippen molar-refractivity contribution in [2.24, 2.45) is 5.73 Å². The second-order valence-electron chi connectivity index (χ2n) is 9.05. The van der Waals surface area contributed by atoms with E-state index in [1.807, 2.05) is 13.0 Å². The van der Waals surface area contributed by atoms with Crippen molar-refractivity contribution in [1.82, 2.24) is 10.3 Å². The zero-order chi connectivity index (χ0) is 26.2. The smallest absolute Gasteiger partial charge is 0.251 e. The molecule has 0 bridgehead atoms. The topological polar surface area (TPSA) is 146 Å². The quantitative estimate of drug-likeness (QED) is 0.250. The molecule has 0 aliphatic heterocycles. The van der Waals surface area contributed by atoms with Crippen LogP contribution >= 0.6 is 0 Å². The molecular formula is C28H33N5O4. The van der Waals surface area contributed by atoms with E-state index in [4.69, 9.17) is 31.1 Å². The van der Waals surface area contributed by atoms with E-state index < -0.39 is 0 Å². The summed E-state index contributed by atoms with van der Waals surface area (Å²) in [5.74, 6) is 1.84. The number of nitrogens with zero attached hydrogens (tertiary/aromatic N) is 1. The van der Waals surface area contributed by atoms with Gasteiger partial charge in [-0.25, -0.2) is 4.98 Å². The van der Waals surface area contributed by atoms with E-state index in [0.29, 0.717) is 40.8 Å². The highest BCUT2D eigenvalue weighted by Gasteiger charge is 2.21. The molecule has 0 atom stereocenters. The second-order valence-corrected chi connectivity index (χ2v) is 9.05. The van der Waals surface area contributed by atoms with E-state index in [-0.39, 0.29) is 30.5 Å². The van der Waals surface area contributed by atoms with Crippen LogP contribution in [0.4, 0.5) is 5.82 Å². The lowest BCUT2D eigenvalue weighted by molar-refractivity contribution is 0.0925. The van der Waals surface area contributed by atoms with Crippen molar-refractivity contribution in [1.29, 1.82) is 5.41 Å². The Hall–Kier alpha value is -4.11. The molecule has 1 amide bonds. The van der Waals surface area contributed by atoms with Crippen LogP contribution in [0.5, 0.6) is 17.2 Å². The van der Waals surface area contributed by atoms with Crippen molar-refractivity contribution in [2.45, 2.75) is 51.3 Å². The van der Waals surface area contributed by atoms with Crippen LogP contribution < -0.4 is 26.3 Å². The summed E-state index contributed by atoms with van der Waals surface area (Å²) in [5.41, 5.74) is 13.6.